The van der Waals surface area contributed by atoms with Crippen LogP contribution >= 0.6 is 0 Å². The van der Waals surface area contributed by atoms with Crippen LogP contribution in [0.3, 0.4) is 0 Å². The van der Waals surface area contributed by atoms with Gasteiger partial charge in [0, 0.05) is 13.0 Å². The number of rotatable bonds is 9. The molecule has 1 rings (SSSR count). The fourth-order valence-corrected chi connectivity index (χ4v) is 2.13. The topological polar surface area (TPSA) is 34.9 Å². The third-order valence-corrected chi connectivity index (χ3v) is 3.29. The summed E-state index contributed by atoms with van der Waals surface area (Å²) >= 11 is 0. The van der Waals surface area contributed by atoms with Gasteiger partial charge in [-0.25, -0.2) is 0 Å². The van der Waals surface area contributed by atoms with Crippen LogP contribution < -0.4 is 0 Å². The highest BCUT2D eigenvalue weighted by Gasteiger charge is 2.13. The van der Waals surface area contributed by atoms with Gasteiger partial charge < -0.3 is 0 Å². The molecule has 0 amide bonds. The van der Waals surface area contributed by atoms with E-state index in [0.29, 0.717) is 6.42 Å². The van der Waals surface area contributed by atoms with E-state index in [2.05, 4.69) is 18.9 Å². The van der Waals surface area contributed by atoms with Gasteiger partial charge in [-0.1, -0.05) is 39.5 Å². The molecule has 3 nitrogen and oxygen atoms in total. The first-order valence-electron chi connectivity index (χ1n) is 7.32. The summed E-state index contributed by atoms with van der Waals surface area (Å²) in [6, 6.07) is 1.96. The molecule has 1 aromatic rings. The van der Waals surface area contributed by atoms with E-state index < -0.39 is 0 Å². The molecule has 0 saturated heterocycles. The molecule has 0 bridgehead atoms. The standard InChI is InChI=1S/C15H26N2O/c1-4-7-8-9-10-11-15(18)14-12-13(5-2)16-17(14)6-3/h12H,4-11H2,1-3H3. The Bertz CT molecular complexity index is 369. The Morgan fingerprint density at radius 3 is 2.50 bits per heavy atom. The number of hydrogen-bond acceptors (Lipinski definition) is 2. The van der Waals surface area contributed by atoms with E-state index in [-0.39, 0.29) is 5.78 Å². The summed E-state index contributed by atoms with van der Waals surface area (Å²) < 4.78 is 1.84. The first-order chi connectivity index (χ1) is 8.72. The minimum absolute atomic E-state index is 0.251. The first kappa shape index (κ1) is 14.9. The van der Waals surface area contributed by atoms with Gasteiger partial charge in [-0.15, -0.1) is 0 Å². The van der Waals surface area contributed by atoms with Gasteiger partial charge in [0.05, 0.1) is 5.69 Å². The van der Waals surface area contributed by atoms with Gasteiger partial charge >= 0.3 is 0 Å². The summed E-state index contributed by atoms with van der Waals surface area (Å²) in [4.78, 5) is 12.1. The normalized spacial score (nSPS) is 10.8. The first-order valence-corrected chi connectivity index (χ1v) is 7.32. The number of nitrogens with zero attached hydrogens (tertiary/aromatic N) is 2. The Balaban J connectivity index is 2.47. The van der Waals surface area contributed by atoms with Gasteiger partial charge in [0.1, 0.15) is 5.69 Å². The van der Waals surface area contributed by atoms with Crippen molar-refractivity contribution in [1.82, 2.24) is 9.78 Å². The summed E-state index contributed by atoms with van der Waals surface area (Å²) in [6.45, 7) is 7.08. The highest BCUT2D eigenvalue weighted by molar-refractivity contribution is 5.94. The van der Waals surface area contributed by atoms with Crippen molar-refractivity contribution in [2.75, 3.05) is 0 Å². The van der Waals surface area contributed by atoms with E-state index in [9.17, 15) is 4.79 Å². The molecule has 0 atom stereocenters. The van der Waals surface area contributed by atoms with Crippen LogP contribution in [0.15, 0.2) is 6.07 Å². The van der Waals surface area contributed by atoms with Crippen molar-refractivity contribution in [3.05, 3.63) is 17.5 Å². The van der Waals surface area contributed by atoms with E-state index in [1.54, 1.807) is 0 Å². The summed E-state index contributed by atoms with van der Waals surface area (Å²) in [7, 11) is 0. The Morgan fingerprint density at radius 2 is 1.89 bits per heavy atom. The lowest BCUT2D eigenvalue weighted by atomic mass is 10.1. The molecule has 0 aromatic carbocycles. The van der Waals surface area contributed by atoms with Gasteiger partial charge in [-0.2, -0.15) is 5.10 Å². The van der Waals surface area contributed by atoms with Crippen LogP contribution in [0.2, 0.25) is 0 Å². The minimum Gasteiger partial charge on any atom is -0.292 e. The average molecular weight is 250 g/mol. The maximum atomic E-state index is 12.1. The number of ketones is 1. The van der Waals surface area contributed by atoms with Crippen LogP contribution in [0, 0.1) is 0 Å². The predicted molar refractivity (Wildman–Crippen MR) is 75.0 cm³/mol. The second-order valence-corrected chi connectivity index (χ2v) is 4.78. The lowest BCUT2D eigenvalue weighted by Gasteiger charge is -2.03. The summed E-state index contributed by atoms with van der Waals surface area (Å²) in [5, 5.41) is 4.42. The Hall–Kier alpha value is -1.12. The number of carbonyl (C=O) groups is 1. The number of hydrogen-bond donors (Lipinski definition) is 0. The van der Waals surface area contributed by atoms with E-state index in [0.717, 1.165) is 30.8 Å². The highest BCUT2D eigenvalue weighted by atomic mass is 16.1. The second kappa shape index (κ2) is 8.06. The van der Waals surface area contributed by atoms with Crippen LogP contribution in [-0.4, -0.2) is 15.6 Å². The molecular weight excluding hydrogens is 224 g/mol. The molecule has 1 aromatic heterocycles. The van der Waals surface area contributed by atoms with E-state index >= 15 is 0 Å². The monoisotopic (exact) mass is 250 g/mol. The van der Waals surface area contributed by atoms with E-state index in [1.807, 2.05) is 17.7 Å². The molecule has 18 heavy (non-hydrogen) atoms. The molecule has 0 aliphatic carbocycles. The van der Waals surface area contributed by atoms with Gasteiger partial charge in [0.25, 0.3) is 0 Å². The summed E-state index contributed by atoms with van der Waals surface area (Å²) in [5.74, 6) is 0.251. The SMILES string of the molecule is CCCCCCCC(=O)c1cc(CC)nn1CC. The molecule has 0 aliphatic rings. The zero-order valence-electron chi connectivity index (χ0n) is 12.0. The van der Waals surface area contributed by atoms with Crippen LogP contribution in [0.5, 0.6) is 0 Å². The van der Waals surface area contributed by atoms with Gasteiger partial charge in [-0.05, 0) is 25.8 Å². The number of aryl methyl sites for hydroxylation is 2. The van der Waals surface area contributed by atoms with Crippen molar-refractivity contribution in [2.24, 2.45) is 0 Å². The van der Waals surface area contributed by atoms with Crippen molar-refractivity contribution in [1.29, 1.82) is 0 Å². The molecular formula is C15H26N2O. The quantitative estimate of drug-likeness (QED) is 0.490. The maximum absolute atomic E-state index is 12.1. The summed E-state index contributed by atoms with van der Waals surface area (Å²) in [6.07, 6.45) is 7.51. The highest BCUT2D eigenvalue weighted by Crippen LogP contribution is 2.12. The molecule has 0 spiro atoms. The van der Waals surface area contributed by atoms with Crippen molar-refractivity contribution in [3.8, 4) is 0 Å². The predicted octanol–water partition coefficient (Wildman–Crippen LogP) is 4.01. The van der Waals surface area contributed by atoms with Crippen LogP contribution in [0.1, 0.15) is 75.5 Å². The number of aromatic nitrogens is 2. The number of unbranched alkanes of at least 4 members (excludes halogenated alkanes) is 4. The Labute approximate surface area is 111 Å². The molecule has 102 valence electrons. The van der Waals surface area contributed by atoms with E-state index in [1.165, 1.54) is 25.7 Å². The molecule has 0 N–H and O–H groups in total. The molecule has 3 heteroatoms. The Kier molecular flexibility index (Phi) is 6.69. The van der Waals surface area contributed by atoms with Gasteiger partial charge in [0.2, 0.25) is 0 Å². The van der Waals surface area contributed by atoms with Crippen molar-refractivity contribution < 1.29 is 4.79 Å². The lowest BCUT2D eigenvalue weighted by Crippen LogP contribution is -2.09. The fourth-order valence-electron chi connectivity index (χ4n) is 2.13. The van der Waals surface area contributed by atoms with Crippen LogP contribution in [0.25, 0.3) is 0 Å². The van der Waals surface area contributed by atoms with Gasteiger partial charge in [0.15, 0.2) is 5.78 Å². The van der Waals surface area contributed by atoms with Crippen LogP contribution in [-0.2, 0) is 13.0 Å². The largest absolute Gasteiger partial charge is 0.292 e. The average Bonchev–Trinajstić information content (AvgIpc) is 2.81. The third kappa shape index (κ3) is 4.28. The van der Waals surface area contributed by atoms with E-state index in [4.69, 9.17) is 0 Å². The number of Topliss-reactive ketones (excluding diaryl/α,β-unsaturated/α-hetero) is 1. The van der Waals surface area contributed by atoms with Crippen molar-refractivity contribution in [3.63, 3.8) is 0 Å². The Morgan fingerprint density at radius 1 is 1.17 bits per heavy atom. The molecule has 0 saturated carbocycles. The summed E-state index contributed by atoms with van der Waals surface area (Å²) in [5.41, 5.74) is 1.82. The van der Waals surface area contributed by atoms with Crippen molar-refractivity contribution >= 4 is 5.78 Å². The van der Waals surface area contributed by atoms with Crippen molar-refractivity contribution in [2.45, 2.75) is 72.3 Å². The van der Waals surface area contributed by atoms with Crippen LogP contribution in [0.4, 0.5) is 0 Å². The molecule has 0 fully saturated rings. The number of carbonyl (C=O) groups excluding carboxylic acids is 1. The zero-order valence-corrected chi connectivity index (χ0v) is 12.0. The maximum Gasteiger partial charge on any atom is 0.180 e. The molecule has 0 radical (unpaired) electrons. The molecule has 0 aliphatic heterocycles. The fraction of sp³-hybridized carbons (Fsp3) is 0.733. The third-order valence-electron chi connectivity index (χ3n) is 3.29. The van der Waals surface area contributed by atoms with Gasteiger partial charge in [-0.3, -0.25) is 9.48 Å². The molecule has 1 heterocycles. The molecule has 0 unspecified atom stereocenters. The second-order valence-electron chi connectivity index (χ2n) is 4.78. The minimum atomic E-state index is 0.251. The smallest absolute Gasteiger partial charge is 0.180 e. The lowest BCUT2D eigenvalue weighted by molar-refractivity contribution is 0.0968. The zero-order chi connectivity index (χ0) is 13.4.